The molecule has 1 aliphatic carbocycles. The van der Waals surface area contributed by atoms with Crippen LogP contribution in [0, 0.1) is 11.3 Å². The summed E-state index contributed by atoms with van der Waals surface area (Å²) in [6.45, 7) is 3.26. The molecule has 40 heavy (non-hydrogen) atoms. The summed E-state index contributed by atoms with van der Waals surface area (Å²) in [5.74, 6) is 3.67. The van der Waals surface area contributed by atoms with Gasteiger partial charge in [-0.3, -0.25) is 14.5 Å². The fraction of sp³-hybridized carbons (Fsp3) is 0.593. The van der Waals surface area contributed by atoms with Crippen LogP contribution in [0.15, 0.2) is 23.5 Å². The summed E-state index contributed by atoms with van der Waals surface area (Å²) in [7, 11) is 1.47. The second-order valence-electron chi connectivity index (χ2n) is 10.9. The molecule has 220 valence electrons. The van der Waals surface area contributed by atoms with Crippen LogP contribution in [-0.2, 0) is 25.7 Å². The van der Waals surface area contributed by atoms with Crippen molar-refractivity contribution in [2.24, 2.45) is 22.9 Å². The number of carbonyl (C=O) groups excluding carboxylic acids is 3. The zero-order valence-corrected chi connectivity index (χ0v) is 23.7. The van der Waals surface area contributed by atoms with Gasteiger partial charge in [0.2, 0.25) is 11.8 Å². The predicted octanol–water partition coefficient (Wildman–Crippen LogP) is 3.29. The molecule has 1 aromatic rings. The molecule has 1 saturated heterocycles. The standard InChI is InChI=1S/C27H36ClF2N5O5/c1-15(29)23(33(3)32)19(31)14-39-20-9-8-18(28)16-10-13-35(24(22(16)20)34-12-5-7-21(34)36)25(37)17-6-4-11-27(17,2)26(38)40-30/h8-9,15,17,24H,4-7,10-14,31-32H2,1-3H3/b23-19-/t15?,17?,24?,27-/m0/s1. The molecule has 2 amide bonds. The Labute approximate surface area is 237 Å². The van der Waals surface area contributed by atoms with Gasteiger partial charge in [-0.2, -0.15) is 0 Å². The van der Waals surface area contributed by atoms with Gasteiger partial charge in [0, 0.05) is 41.7 Å². The van der Waals surface area contributed by atoms with Gasteiger partial charge in [0.05, 0.1) is 22.7 Å². The Balaban J connectivity index is 1.77. The third kappa shape index (κ3) is 5.30. The molecule has 3 aliphatic rings. The van der Waals surface area contributed by atoms with Crippen LogP contribution in [0.3, 0.4) is 0 Å². The van der Waals surface area contributed by atoms with E-state index in [-0.39, 0.29) is 36.4 Å². The maximum Gasteiger partial charge on any atom is 0.355 e. The fourth-order valence-corrected chi connectivity index (χ4v) is 6.62. The second-order valence-corrected chi connectivity index (χ2v) is 11.3. The first-order valence-electron chi connectivity index (χ1n) is 13.4. The third-order valence-corrected chi connectivity index (χ3v) is 8.72. The number of hydrogen-bond donors (Lipinski definition) is 2. The zero-order valence-electron chi connectivity index (χ0n) is 22.9. The van der Waals surface area contributed by atoms with Gasteiger partial charge in [-0.1, -0.05) is 18.0 Å². The summed E-state index contributed by atoms with van der Waals surface area (Å²) in [5.41, 5.74) is 6.19. The Morgan fingerprint density at radius 1 is 1.27 bits per heavy atom. The van der Waals surface area contributed by atoms with Crippen LogP contribution in [0.1, 0.15) is 63.2 Å². The molecule has 3 unspecified atom stereocenters. The number of nitrogens with zero attached hydrogens (tertiary/aromatic N) is 3. The van der Waals surface area contributed by atoms with Gasteiger partial charge in [-0.05, 0) is 57.2 Å². The number of fused-ring (bicyclic) bond motifs is 1. The molecule has 10 nitrogen and oxygen atoms in total. The monoisotopic (exact) mass is 583 g/mol. The van der Waals surface area contributed by atoms with E-state index in [1.165, 1.54) is 20.9 Å². The lowest BCUT2D eigenvalue weighted by Crippen LogP contribution is -2.53. The van der Waals surface area contributed by atoms with E-state index in [2.05, 4.69) is 4.94 Å². The maximum atomic E-state index is 14.2. The quantitative estimate of drug-likeness (QED) is 0.352. The van der Waals surface area contributed by atoms with Gasteiger partial charge >= 0.3 is 5.97 Å². The fourth-order valence-electron chi connectivity index (χ4n) is 6.36. The van der Waals surface area contributed by atoms with Crippen LogP contribution in [-0.4, -0.2) is 65.5 Å². The smallest absolute Gasteiger partial charge is 0.355 e. The number of hydrogen-bond acceptors (Lipinski definition) is 8. The number of likely N-dealkylation sites (tertiary alicyclic amines) is 1. The summed E-state index contributed by atoms with van der Waals surface area (Å²) in [6.07, 6.45) is 0.204. The van der Waals surface area contributed by atoms with Gasteiger partial charge in [-0.15, -0.1) is 0 Å². The van der Waals surface area contributed by atoms with Crippen molar-refractivity contribution >= 4 is 29.4 Å². The maximum absolute atomic E-state index is 14.2. The number of hydrazine groups is 1. The average Bonchev–Trinajstić information content (AvgIpc) is 3.52. The molecule has 2 heterocycles. The molecule has 4 rings (SSSR count). The summed E-state index contributed by atoms with van der Waals surface area (Å²) in [6, 6.07) is 3.29. The van der Waals surface area contributed by atoms with E-state index in [0.717, 1.165) is 5.01 Å². The SMILES string of the molecule is CC(F)/C(=C(/N)COc1ccc(Cl)c2c1C(N1CCCC1=O)N(C(=O)C1CCC[C@]1(C)C(=O)OF)CC2)N(C)N. The lowest BCUT2D eigenvalue weighted by Gasteiger charge is -2.45. The Morgan fingerprint density at radius 3 is 2.60 bits per heavy atom. The Kier molecular flexibility index (Phi) is 8.79. The largest absolute Gasteiger partial charge is 0.487 e. The Bertz CT molecular complexity index is 1200. The first-order chi connectivity index (χ1) is 18.9. The topological polar surface area (TPSA) is 131 Å². The summed E-state index contributed by atoms with van der Waals surface area (Å²) < 4.78 is 33.3. The number of nitrogens with two attached hydrogens (primary N) is 2. The molecule has 0 aromatic heterocycles. The van der Waals surface area contributed by atoms with Crippen molar-refractivity contribution in [2.45, 2.75) is 64.7 Å². The summed E-state index contributed by atoms with van der Waals surface area (Å²) in [5, 5.41) is 1.54. The number of allylic oxidation sites excluding steroid dienone is 1. The summed E-state index contributed by atoms with van der Waals surface area (Å²) in [4.78, 5) is 46.3. The van der Waals surface area contributed by atoms with Crippen molar-refractivity contribution in [1.82, 2.24) is 14.8 Å². The Morgan fingerprint density at radius 2 is 2.00 bits per heavy atom. The van der Waals surface area contributed by atoms with Crippen molar-refractivity contribution in [1.29, 1.82) is 0 Å². The van der Waals surface area contributed by atoms with Crippen molar-refractivity contribution < 1.29 is 33.0 Å². The molecule has 2 fully saturated rings. The number of carbonyl (C=O) groups is 3. The van der Waals surface area contributed by atoms with Crippen molar-refractivity contribution in [3.05, 3.63) is 39.7 Å². The second kappa shape index (κ2) is 11.8. The first-order valence-corrected chi connectivity index (χ1v) is 13.8. The molecule has 1 aromatic carbocycles. The van der Waals surface area contributed by atoms with E-state index in [0.29, 0.717) is 67.0 Å². The highest BCUT2D eigenvalue weighted by molar-refractivity contribution is 6.31. The minimum absolute atomic E-state index is 0.0613. The number of rotatable bonds is 8. The number of amides is 2. The molecule has 1 saturated carbocycles. The number of ether oxygens (including phenoxy) is 1. The van der Waals surface area contributed by atoms with Crippen LogP contribution < -0.4 is 16.3 Å². The van der Waals surface area contributed by atoms with Gasteiger partial charge < -0.3 is 25.3 Å². The molecule has 4 N–H and O–H groups in total. The van der Waals surface area contributed by atoms with Crippen molar-refractivity contribution in [2.75, 3.05) is 26.7 Å². The minimum Gasteiger partial charge on any atom is -0.487 e. The van der Waals surface area contributed by atoms with Gasteiger partial charge in [0.15, 0.2) is 0 Å². The van der Waals surface area contributed by atoms with Gasteiger partial charge in [0.25, 0.3) is 0 Å². The highest BCUT2D eigenvalue weighted by Gasteiger charge is 2.53. The predicted molar refractivity (Wildman–Crippen MR) is 142 cm³/mol. The number of benzene rings is 1. The molecule has 13 heteroatoms. The van der Waals surface area contributed by atoms with E-state index in [9.17, 15) is 23.3 Å². The molecule has 0 bridgehead atoms. The highest BCUT2D eigenvalue weighted by Crippen LogP contribution is 2.49. The van der Waals surface area contributed by atoms with Crippen molar-refractivity contribution in [3.8, 4) is 5.75 Å². The molecule has 0 radical (unpaired) electrons. The molecule has 4 atom stereocenters. The highest BCUT2D eigenvalue weighted by atomic mass is 35.5. The number of alkyl halides is 1. The average molecular weight is 584 g/mol. The normalized spacial score (nSPS) is 25.8. The van der Waals surface area contributed by atoms with Crippen LogP contribution in [0.4, 0.5) is 8.92 Å². The van der Waals surface area contributed by atoms with Gasteiger partial charge in [-0.25, -0.2) is 15.0 Å². The summed E-state index contributed by atoms with van der Waals surface area (Å²) >= 11 is 6.61. The molecule has 0 spiro atoms. The van der Waals surface area contributed by atoms with Crippen LogP contribution >= 0.6 is 11.6 Å². The van der Waals surface area contributed by atoms with Crippen LogP contribution in [0.25, 0.3) is 0 Å². The van der Waals surface area contributed by atoms with Crippen LogP contribution in [0.5, 0.6) is 5.75 Å². The third-order valence-electron chi connectivity index (χ3n) is 8.37. The number of halogens is 3. The first kappa shape index (κ1) is 29.9. The van der Waals surface area contributed by atoms with E-state index in [1.807, 2.05) is 0 Å². The van der Waals surface area contributed by atoms with E-state index in [4.69, 9.17) is 27.9 Å². The van der Waals surface area contributed by atoms with E-state index >= 15 is 0 Å². The van der Waals surface area contributed by atoms with Crippen LogP contribution in [0.2, 0.25) is 5.02 Å². The van der Waals surface area contributed by atoms with E-state index < -0.39 is 29.6 Å². The molecule has 2 aliphatic heterocycles. The zero-order chi connectivity index (χ0) is 29.4. The molecular formula is C27H36ClF2N5O5. The lowest BCUT2D eigenvalue weighted by molar-refractivity contribution is -0.199. The van der Waals surface area contributed by atoms with Crippen molar-refractivity contribution in [3.63, 3.8) is 0 Å². The van der Waals surface area contributed by atoms with E-state index in [1.54, 1.807) is 21.9 Å². The van der Waals surface area contributed by atoms with Gasteiger partial charge in [0.1, 0.15) is 24.7 Å². The lowest BCUT2D eigenvalue weighted by atomic mass is 9.78. The Hall–Kier alpha value is -3.12. The molecular weight excluding hydrogens is 548 g/mol. The minimum atomic E-state index is -1.45.